The molecule has 1 amide bonds. The molecule has 0 aliphatic carbocycles. The van der Waals surface area contributed by atoms with E-state index in [-0.39, 0.29) is 22.3 Å². The number of benzene rings is 2. The van der Waals surface area contributed by atoms with E-state index >= 15 is 0 Å². The highest BCUT2D eigenvalue weighted by Gasteiger charge is 2.23. The van der Waals surface area contributed by atoms with Crippen molar-refractivity contribution in [1.29, 1.82) is 0 Å². The van der Waals surface area contributed by atoms with E-state index in [4.69, 9.17) is 4.42 Å². The summed E-state index contributed by atoms with van der Waals surface area (Å²) < 4.78 is 29.7. The second-order valence-electron chi connectivity index (χ2n) is 6.58. The van der Waals surface area contributed by atoms with Gasteiger partial charge in [-0.25, -0.2) is 13.4 Å². The Morgan fingerprint density at radius 1 is 1.25 bits per heavy atom. The van der Waals surface area contributed by atoms with Gasteiger partial charge in [-0.3, -0.25) is 4.79 Å². The number of hydrogen-bond acceptors (Lipinski definition) is 6. The lowest BCUT2D eigenvalue weighted by Gasteiger charge is -2.29. The van der Waals surface area contributed by atoms with Gasteiger partial charge < -0.3 is 9.32 Å². The number of hydrogen-bond donors (Lipinski definition) is 0. The molecule has 0 spiro atoms. The third-order valence-corrected chi connectivity index (χ3v) is 7.35. The molecule has 2 heterocycles. The minimum atomic E-state index is -3.30. The summed E-state index contributed by atoms with van der Waals surface area (Å²) >= 11 is 1.22. The summed E-state index contributed by atoms with van der Waals surface area (Å²) in [5.41, 5.74) is 3.16. The maximum Gasteiger partial charge on any atom is 0.257 e. The molecule has 4 rings (SSSR count). The lowest BCUT2D eigenvalue weighted by molar-refractivity contribution is -0.116. The highest BCUT2D eigenvalue weighted by atomic mass is 32.2. The molecule has 0 unspecified atom stereocenters. The van der Waals surface area contributed by atoms with E-state index in [1.807, 2.05) is 23.1 Å². The Hall–Kier alpha value is -2.32. The second-order valence-corrected chi connectivity index (χ2v) is 9.78. The molecule has 0 saturated carbocycles. The first kappa shape index (κ1) is 19.0. The molecule has 0 radical (unpaired) electrons. The number of fused-ring (bicyclic) bond motifs is 2. The first-order valence-electron chi connectivity index (χ1n) is 9.12. The van der Waals surface area contributed by atoms with Gasteiger partial charge in [0.1, 0.15) is 5.52 Å². The minimum Gasteiger partial charge on any atom is -0.431 e. The van der Waals surface area contributed by atoms with E-state index in [2.05, 4.69) is 11.1 Å². The molecule has 0 saturated heterocycles. The number of aryl methyl sites for hydroxylation is 1. The van der Waals surface area contributed by atoms with Crippen LogP contribution in [0.4, 0.5) is 5.69 Å². The third kappa shape index (κ3) is 3.66. The van der Waals surface area contributed by atoms with Crippen LogP contribution in [-0.2, 0) is 21.1 Å². The first-order valence-corrected chi connectivity index (χ1v) is 11.8. The summed E-state index contributed by atoms with van der Waals surface area (Å²) in [4.78, 5) is 19.1. The summed E-state index contributed by atoms with van der Waals surface area (Å²) in [7, 11) is -3.30. The minimum absolute atomic E-state index is 0.00801. The van der Waals surface area contributed by atoms with E-state index in [0.29, 0.717) is 22.9 Å². The highest BCUT2D eigenvalue weighted by molar-refractivity contribution is 7.99. The first-order chi connectivity index (χ1) is 13.5. The second kappa shape index (κ2) is 7.60. The Bertz CT molecular complexity index is 1140. The molecule has 0 N–H and O–H groups in total. The van der Waals surface area contributed by atoms with Crippen molar-refractivity contribution in [3.63, 3.8) is 0 Å². The highest BCUT2D eigenvalue weighted by Crippen LogP contribution is 2.29. The smallest absolute Gasteiger partial charge is 0.257 e. The zero-order valence-electron chi connectivity index (χ0n) is 15.4. The van der Waals surface area contributed by atoms with Crippen molar-refractivity contribution in [3.8, 4) is 0 Å². The standard InChI is InChI=1S/C20H20N2O4S2/c1-2-28(24,25)15-9-10-18-16(12-15)21-20(26-18)27-13-19(23)22-11-5-7-14-6-3-4-8-17(14)22/h3-4,6,8-10,12H,2,5,7,11,13H2,1H3. The van der Waals surface area contributed by atoms with Gasteiger partial charge in [0.05, 0.1) is 16.4 Å². The number of oxazole rings is 1. The number of carbonyl (C=O) groups excluding carboxylic acids is 1. The molecule has 8 heteroatoms. The number of anilines is 1. The van der Waals surface area contributed by atoms with Crippen LogP contribution in [0.25, 0.3) is 11.1 Å². The number of aromatic nitrogens is 1. The van der Waals surface area contributed by atoms with Crippen LogP contribution in [0.5, 0.6) is 0 Å². The van der Waals surface area contributed by atoms with Crippen LogP contribution in [0.2, 0.25) is 0 Å². The quantitative estimate of drug-likeness (QED) is 0.590. The topological polar surface area (TPSA) is 80.5 Å². The van der Waals surface area contributed by atoms with Gasteiger partial charge in [-0.05, 0) is 42.7 Å². The molecule has 0 atom stereocenters. The largest absolute Gasteiger partial charge is 0.431 e. The van der Waals surface area contributed by atoms with Crippen LogP contribution < -0.4 is 4.90 Å². The van der Waals surface area contributed by atoms with E-state index in [1.165, 1.54) is 29.5 Å². The van der Waals surface area contributed by atoms with Crippen LogP contribution >= 0.6 is 11.8 Å². The zero-order valence-corrected chi connectivity index (χ0v) is 17.1. The fourth-order valence-corrected chi connectivity index (χ4v) is 4.92. The summed E-state index contributed by atoms with van der Waals surface area (Å²) in [5.74, 6) is 0.249. The van der Waals surface area contributed by atoms with Gasteiger partial charge in [0.15, 0.2) is 15.4 Å². The normalized spacial score (nSPS) is 14.2. The fraction of sp³-hybridized carbons (Fsp3) is 0.300. The molecule has 28 heavy (non-hydrogen) atoms. The van der Waals surface area contributed by atoms with Crippen LogP contribution in [0.15, 0.2) is 57.0 Å². The molecule has 146 valence electrons. The molecule has 0 fully saturated rings. The van der Waals surface area contributed by atoms with Crippen molar-refractivity contribution in [3.05, 3.63) is 48.0 Å². The number of para-hydroxylation sites is 1. The maximum absolute atomic E-state index is 12.7. The molecule has 2 aromatic carbocycles. The van der Waals surface area contributed by atoms with Crippen molar-refractivity contribution in [1.82, 2.24) is 4.98 Å². The number of amides is 1. The summed E-state index contributed by atoms with van der Waals surface area (Å²) in [6, 6.07) is 12.6. The van der Waals surface area contributed by atoms with E-state index in [0.717, 1.165) is 18.5 Å². The summed E-state index contributed by atoms with van der Waals surface area (Å²) in [5, 5.41) is 0.361. The SMILES string of the molecule is CCS(=O)(=O)c1ccc2oc(SCC(=O)N3CCCc4ccccc43)nc2c1. The summed E-state index contributed by atoms with van der Waals surface area (Å²) in [6.07, 6.45) is 1.94. The summed E-state index contributed by atoms with van der Waals surface area (Å²) in [6.45, 7) is 2.32. The fourth-order valence-electron chi connectivity index (χ4n) is 3.30. The van der Waals surface area contributed by atoms with E-state index in [9.17, 15) is 13.2 Å². The molecule has 3 aromatic rings. The molecule has 1 aliphatic rings. The number of sulfone groups is 1. The molecular weight excluding hydrogens is 396 g/mol. The Balaban J connectivity index is 1.49. The number of rotatable bonds is 5. The molecule has 6 nitrogen and oxygen atoms in total. The average Bonchev–Trinajstić information content (AvgIpc) is 3.13. The average molecular weight is 417 g/mol. The van der Waals surface area contributed by atoms with Gasteiger partial charge in [0.2, 0.25) is 5.91 Å². The van der Waals surface area contributed by atoms with Gasteiger partial charge in [-0.15, -0.1) is 0 Å². The lowest BCUT2D eigenvalue weighted by Crippen LogP contribution is -2.36. The molecule has 0 bridgehead atoms. The van der Waals surface area contributed by atoms with Gasteiger partial charge in [-0.1, -0.05) is 36.9 Å². The molecule has 1 aromatic heterocycles. The molecule has 1 aliphatic heterocycles. The molecular formula is C20H20N2O4S2. The van der Waals surface area contributed by atoms with Crippen molar-refractivity contribution in [2.45, 2.75) is 29.9 Å². The Labute approximate surface area is 167 Å². The van der Waals surface area contributed by atoms with Crippen molar-refractivity contribution in [2.75, 3.05) is 23.0 Å². The van der Waals surface area contributed by atoms with Crippen LogP contribution in [0, 0.1) is 0 Å². The predicted molar refractivity (Wildman–Crippen MR) is 110 cm³/mol. The van der Waals surface area contributed by atoms with Gasteiger partial charge in [-0.2, -0.15) is 0 Å². The van der Waals surface area contributed by atoms with Gasteiger partial charge >= 0.3 is 0 Å². The number of carbonyl (C=O) groups is 1. The maximum atomic E-state index is 12.7. The van der Waals surface area contributed by atoms with Gasteiger partial charge in [0.25, 0.3) is 5.22 Å². The van der Waals surface area contributed by atoms with Crippen molar-refractivity contribution < 1.29 is 17.6 Å². The zero-order chi connectivity index (χ0) is 19.7. The van der Waals surface area contributed by atoms with E-state index in [1.54, 1.807) is 13.0 Å². The van der Waals surface area contributed by atoms with Crippen molar-refractivity contribution in [2.24, 2.45) is 0 Å². The lowest BCUT2D eigenvalue weighted by atomic mass is 10.0. The van der Waals surface area contributed by atoms with Crippen LogP contribution in [-0.4, -0.2) is 37.4 Å². The van der Waals surface area contributed by atoms with Crippen LogP contribution in [0.1, 0.15) is 18.9 Å². The Morgan fingerprint density at radius 3 is 2.89 bits per heavy atom. The van der Waals surface area contributed by atoms with Crippen LogP contribution in [0.3, 0.4) is 0 Å². The number of nitrogens with zero attached hydrogens (tertiary/aromatic N) is 2. The van der Waals surface area contributed by atoms with Crippen molar-refractivity contribution >= 4 is 44.3 Å². The van der Waals surface area contributed by atoms with E-state index < -0.39 is 9.84 Å². The Kier molecular flexibility index (Phi) is 5.16. The monoisotopic (exact) mass is 416 g/mol. The number of thioether (sulfide) groups is 1. The third-order valence-electron chi connectivity index (χ3n) is 4.81. The Morgan fingerprint density at radius 2 is 2.07 bits per heavy atom. The predicted octanol–water partition coefficient (Wildman–Crippen LogP) is 3.69. The van der Waals surface area contributed by atoms with Gasteiger partial charge in [0, 0.05) is 12.2 Å².